The van der Waals surface area contributed by atoms with Crippen LogP contribution in [0.4, 0.5) is 0 Å². The molecule has 0 saturated heterocycles. The Morgan fingerprint density at radius 2 is 1.93 bits per heavy atom. The maximum atomic E-state index is 13.1. The summed E-state index contributed by atoms with van der Waals surface area (Å²) in [6.07, 6.45) is 5.37. The molecule has 6 heteroatoms. The number of rotatable bonds is 5. The average molecular weight is 372 g/mol. The van der Waals surface area contributed by atoms with E-state index in [0.717, 1.165) is 22.6 Å². The predicted octanol–water partition coefficient (Wildman–Crippen LogP) is 3.90. The minimum Gasteiger partial charge on any atom is -0.497 e. The first-order valence-electron chi connectivity index (χ1n) is 8.99. The Morgan fingerprint density at radius 1 is 1.11 bits per heavy atom. The molecule has 0 aliphatic rings. The molecule has 3 heterocycles. The Hall–Kier alpha value is -3.67. The summed E-state index contributed by atoms with van der Waals surface area (Å²) in [6.45, 7) is 1.93. The molecule has 1 unspecified atom stereocenters. The van der Waals surface area contributed by atoms with Crippen LogP contribution in [0.15, 0.2) is 73.2 Å². The van der Waals surface area contributed by atoms with E-state index >= 15 is 0 Å². The molecule has 1 aromatic carbocycles. The number of benzene rings is 1. The number of hydrogen-bond acceptors (Lipinski definition) is 4. The number of hydrogen-bond donors (Lipinski definition) is 1. The van der Waals surface area contributed by atoms with E-state index in [9.17, 15) is 4.79 Å². The van der Waals surface area contributed by atoms with Gasteiger partial charge >= 0.3 is 0 Å². The van der Waals surface area contributed by atoms with Gasteiger partial charge in [0.1, 0.15) is 11.4 Å². The highest BCUT2D eigenvalue weighted by Gasteiger charge is 2.22. The summed E-state index contributed by atoms with van der Waals surface area (Å²) in [5, 5.41) is 3.03. The number of ether oxygens (including phenoxy) is 1. The van der Waals surface area contributed by atoms with Gasteiger partial charge in [0, 0.05) is 24.2 Å². The van der Waals surface area contributed by atoms with Gasteiger partial charge < -0.3 is 10.1 Å². The van der Waals surface area contributed by atoms with Gasteiger partial charge in [-0.2, -0.15) is 0 Å². The van der Waals surface area contributed by atoms with Gasteiger partial charge in [-0.15, -0.1) is 0 Å². The van der Waals surface area contributed by atoms with Crippen molar-refractivity contribution in [3.8, 4) is 17.0 Å². The summed E-state index contributed by atoms with van der Waals surface area (Å²) in [5.41, 5.74) is 3.66. The highest BCUT2D eigenvalue weighted by Crippen LogP contribution is 2.27. The second-order valence-corrected chi connectivity index (χ2v) is 6.45. The molecule has 0 aliphatic carbocycles. The molecular formula is C22H20N4O2. The van der Waals surface area contributed by atoms with Crippen molar-refractivity contribution in [3.05, 3.63) is 84.4 Å². The third-order valence-electron chi connectivity index (χ3n) is 4.64. The van der Waals surface area contributed by atoms with Gasteiger partial charge in [0.05, 0.1) is 18.8 Å². The maximum absolute atomic E-state index is 13.1. The fourth-order valence-corrected chi connectivity index (χ4v) is 3.16. The molecule has 1 N–H and O–H groups in total. The first-order chi connectivity index (χ1) is 13.7. The summed E-state index contributed by atoms with van der Waals surface area (Å²) >= 11 is 0. The molecule has 1 atom stereocenters. The van der Waals surface area contributed by atoms with E-state index in [1.54, 1.807) is 19.5 Å². The van der Waals surface area contributed by atoms with Crippen LogP contribution in [-0.4, -0.2) is 27.4 Å². The molecule has 4 rings (SSSR count). The van der Waals surface area contributed by atoms with Crippen molar-refractivity contribution >= 4 is 11.6 Å². The van der Waals surface area contributed by atoms with Crippen LogP contribution in [0.2, 0.25) is 0 Å². The topological polar surface area (TPSA) is 68.5 Å². The van der Waals surface area contributed by atoms with Crippen molar-refractivity contribution in [1.82, 2.24) is 19.7 Å². The van der Waals surface area contributed by atoms with E-state index in [0.29, 0.717) is 11.3 Å². The molecule has 4 aromatic rings. The van der Waals surface area contributed by atoms with Crippen molar-refractivity contribution in [2.75, 3.05) is 7.11 Å². The van der Waals surface area contributed by atoms with Crippen LogP contribution in [0, 0.1) is 0 Å². The van der Waals surface area contributed by atoms with Crippen LogP contribution in [0.25, 0.3) is 16.9 Å². The van der Waals surface area contributed by atoms with Crippen molar-refractivity contribution < 1.29 is 9.53 Å². The first-order valence-corrected chi connectivity index (χ1v) is 8.99. The monoisotopic (exact) mass is 372 g/mol. The van der Waals surface area contributed by atoms with E-state index in [4.69, 9.17) is 4.74 Å². The minimum absolute atomic E-state index is 0.185. The highest BCUT2D eigenvalue weighted by atomic mass is 16.5. The molecule has 0 spiro atoms. The van der Waals surface area contributed by atoms with Crippen LogP contribution in [-0.2, 0) is 0 Å². The van der Waals surface area contributed by atoms with Gasteiger partial charge in [0.15, 0.2) is 5.69 Å². The van der Waals surface area contributed by atoms with E-state index in [1.807, 2.05) is 72.1 Å². The van der Waals surface area contributed by atoms with Crippen LogP contribution in [0.5, 0.6) is 5.75 Å². The quantitative estimate of drug-likeness (QED) is 0.577. The number of fused-ring (bicyclic) bond motifs is 1. The van der Waals surface area contributed by atoms with E-state index < -0.39 is 0 Å². The van der Waals surface area contributed by atoms with Gasteiger partial charge in [0.25, 0.3) is 5.91 Å². The fraction of sp³-hybridized carbons (Fsp3) is 0.136. The number of imidazole rings is 1. The van der Waals surface area contributed by atoms with Crippen molar-refractivity contribution in [3.63, 3.8) is 0 Å². The third kappa shape index (κ3) is 3.32. The Bertz CT molecular complexity index is 1100. The number of amides is 1. The number of aromatic nitrogens is 3. The number of methoxy groups -OCH3 is 1. The van der Waals surface area contributed by atoms with Crippen LogP contribution < -0.4 is 10.1 Å². The van der Waals surface area contributed by atoms with E-state index in [2.05, 4.69) is 15.3 Å². The lowest BCUT2D eigenvalue weighted by Gasteiger charge is -2.14. The molecule has 0 saturated carbocycles. The molecule has 6 nitrogen and oxygen atoms in total. The van der Waals surface area contributed by atoms with Crippen molar-refractivity contribution in [2.45, 2.75) is 13.0 Å². The lowest BCUT2D eigenvalue weighted by molar-refractivity contribution is 0.0936. The second kappa shape index (κ2) is 7.52. The average Bonchev–Trinajstić information content (AvgIpc) is 3.14. The normalized spacial score (nSPS) is 11.9. The van der Waals surface area contributed by atoms with Crippen LogP contribution in [0.1, 0.15) is 29.0 Å². The molecule has 3 aromatic heterocycles. The molecule has 140 valence electrons. The van der Waals surface area contributed by atoms with Crippen molar-refractivity contribution in [2.24, 2.45) is 0 Å². The van der Waals surface area contributed by atoms with Gasteiger partial charge in [0.2, 0.25) is 0 Å². The summed E-state index contributed by atoms with van der Waals surface area (Å²) in [7, 11) is 1.63. The lowest BCUT2D eigenvalue weighted by atomic mass is 10.1. The summed E-state index contributed by atoms with van der Waals surface area (Å²) in [6, 6.07) is 16.9. The number of carbonyl (C=O) groups is 1. The number of nitrogens with one attached hydrogen (secondary N) is 1. The zero-order valence-electron chi connectivity index (χ0n) is 15.7. The Kier molecular flexibility index (Phi) is 4.76. The zero-order chi connectivity index (χ0) is 19.5. The zero-order valence-corrected chi connectivity index (χ0v) is 15.7. The summed E-state index contributed by atoms with van der Waals surface area (Å²) in [4.78, 5) is 21.8. The highest BCUT2D eigenvalue weighted by molar-refractivity contribution is 5.99. The van der Waals surface area contributed by atoms with Crippen molar-refractivity contribution in [1.29, 1.82) is 0 Å². The number of carbonyl (C=O) groups excluding carboxylic acids is 1. The third-order valence-corrected chi connectivity index (χ3v) is 4.64. The van der Waals surface area contributed by atoms with Gasteiger partial charge in [-0.3, -0.25) is 14.2 Å². The van der Waals surface area contributed by atoms with Gasteiger partial charge in [-0.1, -0.05) is 12.1 Å². The maximum Gasteiger partial charge on any atom is 0.272 e. The molecule has 1 amide bonds. The molecule has 0 radical (unpaired) electrons. The molecule has 0 fully saturated rings. The number of nitrogens with zero attached hydrogens (tertiary/aromatic N) is 3. The van der Waals surface area contributed by atoms with E-state index in [1.165, 1.54) is 0 Å². The molecule has 28 heavy (non-hydrogen) atoms. The predicted molar refractivity (Wildman–Crippen MR) is 107 cm³/mol. The Labute approximate surface area is 162 Å². The van der Waals surface area contributed by atoms with Crippen LogP contribution >= 0.6 is 0 Å². The Balaban J connectivity index is 1.74. The summed E-state index contributed by atoms with van der Waals surface area (Å²) in [5.74, 6) is 0.527. The Morgan fingerprint density at radius 3 is 2.64 bits per heavy atom. The molecule has 0 bridgehead atoms. The van der Waals surface area contributed by atoms with Gasteiger partial charge in [-0.05, 0) is 55.0 Å². The molecular weight excluding hydrogens is 352 g/mol. The second-order valence-electron chi connectivity index (χ2n) is 6.45. The largest absolute Gasteiger partial charge is 0.497 e. The summed E-state index contributed by atoms with van der Waals surface area (Å²) < 4.78 is 7.17. The number of pyridine rings is 2. The first kappa shape index (κ1) is 17.7. The minimum atomic E-state index is -0.231. The van der Waals surface area contributed by atoms with Crippen LogP contribution in [0.3, 0.4) is 0 Å². The standard InChI is InChI=1S/C22H20N4O2/c1-15(17-6-5-12-23-14-17)24-22(27)20-21(16-8-10-18(28-2)11-9-16)26-13-4-3-7-19(26)25-20/h3-15H,1-2H3,(H,24,27). The fourth-order valence-electron chi connectivity index (χ4n) is 3.16. The van der Waals surface area contributed by atoms with Gasteiger partial charge in [-0.25, -0.2) is 4.98 Å². The smallest absolute Gasteiger partial charge is 0.272 e. The lowest BCUT2D eigenvalue weighted by Crippen LogP contribution is -2.27. The SMILES string of the molecule is COc1ccc(-c2c(C(=O)NC(C)c3cccnc3)nc3ccccn23)cc1. The van der Waals surface area contributed by atoms with E-state index in [-0.39, 0.29) is 11.9 Å². The molecule has 0 aliphatic heterocycles.